The molecule has 246 valence electrons. The van der Waals surface area contributed by atoms with Gasteiger partial charge in [0.05, 0.1) is 32.7 Å². The van der Waals surface area contributed by atoms with Gasteiger partial charge in [0.25, 0.3) is 0 Å². The summed E-state index contributed by atoms with van der Waals surface area (Å²) >= 11 is 7.81. The number of aromatic nitrogens is 4. The third kappa shape index (κ3) is 6.19. The average molecular weight is 672 g/mol. The molecule has 1 atom stereocenters. The van der Waals surface area contributed by atoms with Gasteiger partial charge in [-0.25, -0.2) is 14.8 Å². The minimum atomic E-state index is -1.16. The second kappa shape index (κ2) is 12.3. The number of nitrogens with zero attached hydrogens (tertiary/aromatic N) is 5. The zero-order valence-corrected chi connectivity index (χ0v) is 29.5. The number of carbonyl (C=O) groups is 1. The summed E-state index contributed by atoms with van der Waals surface area (Å²) in [4.78, 5) is 25.7. The van der Waals surface area contributed by atoms with Gasteiger partial charge in [0.1, 0.15) is 10.5 Å². The lowest BCUT2D eigenvalue weighted by atomic mass is 9.79. The second-order valence-corrected chi connectivity index (χ2v) is 15.9. The number of carboxylic acid groups (broad SMARTS) is 1. The molecule has 10 heteroatoms. The maximum Gasteiger partial charge on any atom is 0.337 e. The first-order chi connectivity index (χ1) is 22.4. The molecular formula is C37H42ClN5O3S. The normalized spacial score (nSPS) is 20.1. The van der Waals surface area contributed by atoms with Gasteiger partial charge in [-0.1, -0.05) is 30.7 Å². The Morgan fingerprint density at radius 1 is 1.09 bits per heavy atom. The van der Waals surface area contributed by atoms with Crippen molar-refractivity contribution in [2.24, 2.45) is 13.0 Å². The topological polar surface area (TPSA) is 93.4 Å². The van der Waals surface area contributed by atoms with Crippen molar-refractivity contribution < 1.29 is 14.6 Å². The van der Waals surface area contributed by atoms with E-state index in [1.165, 1.54) is 24.2 Å². The zero-order valence-electron chi connectivity index (χ0n) is 27.9. The number of pyridine rings is 1. The predicted octanol–water partition coefficient (Wildman–Crippen LogP) is 8.79. The molecule has 3 aromatic heterocycles. The number of hydrogen-bond donors (Lipinski definition) is 1. The predicted molar refractivity (Wildman–Crippen MR) is 189 cm³/mol. The van der Waals surface area contributed by atoms with E-state index in [-0.39, 0.29) is 0 Å². The fraction of sp³-hybridized carbons (Fsp3) is 0.459. The number of benzene rings is 2. The van der Waals surface area contributed by atoms with Gasteiger partial charge < -0.3 is 14.7 Å². The summed E-state index contributed by atoms with van der Waals surface area (Å²) in [5, 5.41) is 16.8. The Balaban J connectivity index is 1.31. The van der Waals surface area contributed by atoms with E-state index in [0.717, 1.165) is 92.2 Å². The van der Waals surface area contributed by atoms with E-state index in [0.29, 0.717) is 16.5 Å². The number of likely N-dealkylation sites (tertiary alicyclic amines) is 1. The molecule has 5 aromatic rings. The molecule has 2 fully saturated rings. The van der Waals surface area contributed by atoms with Crippen LogP contribution in [0.15, 0.2) is 42.5 Å². The molecule has 0 spiro atoms. The van der Waals surface area contributed by atoms with Crippen molar-refractivity contribution in [3.63, 3.8) is 0 Å². The monoisotopic (exact) mass is 671 g/mol. The van der Waals surface area contributed by atoms with Gasteiger partial charge in [-0.2, -0.15) is 5.10 Å². The van der Waals surface area contributed by atoms with Crippen LogP contribution in [0, 0.1) is 12.8 Å². The Labute approximate surface area is 284 Å². The van der Waals surface area contributed by atoms with Crippen LogP contribution in [-0.2, 0) is 16.6 Å². The summed E-state index contributed by atoms with van der Waals surface area (Å²) < 4.78 is 9.02. The fourth-order valence-corrected chi connectivity index (χ4v) is 8.62. The Morgan fingerprint density at radius 3 is 2.43 bits per heavy atom. The van der Waals surface area contributed by atoms with Gasteiger partial charge in [-0.05, 0) is 114 Å². The standard InChI is InChI=1S/C37H42ClN5O3S/c1-20-17-25(18-20)43-15-13-23(14-16-43)31-32-28(42(6)41-31)12-11-26(39-32)35-40-27-19-21(2)29(33(36(44)45)46-37(3,4)5)30(34(27)47-35)22-7-9-24(38)10-8-22/h7-12,19-20,23,25,33H,13-18H2,1-6H3,(H,44,45)/t20?,25?,33-/m0/s1. The highest BCUT2D eigenvalue weighted by molar-refractivity contribution is 7.22. The highest BCUT2D eigenvalue weighted by Crippen LogP contribution is 2.45. The van der Waals surface area contributed by atoms with E-state index in [4.69, 9.17) is 31.4 Å². The number of piperidine rings is 1. The first-order valence-corrected chi connectivity index (χ1v) is 17.7. The zero-order chi connectivity index (χ0) is 33.2. The van der Waals surface area contributed by atoms with E-state index in [9.17, 15) is 9.90 Å². The summed E-state index contributed by atoms with van der Waals surface area (Å²) in [7, 11) is 2.00. The summed E-state index contributed by atoms with van der Waals surface area (Å²) in [5.74, 6) is 0.200. The van der Waals surface area contributed by atoms with Crippen LogP contribution in [0.4, 0.5) is 0 Å². The van der Waals surface area contributed by atoms with Crippen LogP contribution in [0.2, 0.25) is 5.02 Å². The summed E-state index contributed by atoms with van der Waals surface area (Å²) in [6.07, 6.45) is 3.68. The van der Waals surface area contributed by atoms with Crippen molar-refractivity contribution in [3.05, 3.63) is 64.3 Å². The molecule has 4 heterocycles. The van der Waals surface area contributed by atoms with Crippen LogP contribution < -0.4 is 0 Å². The Kier molecular flexibility index (Phi) is 8.40. The smallest absolute Gasteiger partial charge is 0.337 e. The fourth-order valence-electron chi connectivity index (χ4n) is 7.40. The number of aryl methyl sites for hydroxylation is 2. The molecule has 0 unspecified atom stereocenters. The molecule has 0 radical (unpaired) electrons. The molecule has 7 rings (SSSR count). The summed E-state index contributed by atoms with van der Waals surface area (Å²) in [6, 6.07) is 14.3. The number of hydrogen-bond acceptors (Lipinski definition) is 7. The number of rotatable bonds is 7. The molecule has 0 bridgehead atoms. The molecule has 1 saturated carbocycles. The molecule has 0 amide bonds. The number of halogens is 1. The van der Waals surface area contributed by atoms with Crippen LogP contribution in [0.3, 0.4) is 0 Å². The number of carboxylic acids is 1. The van der Waals surface area contributed by atoms with Gasteiger partial charge in [-0.3, -0.25) is 4.68 Å². The SMILES string of the molecule is Cc1cc2nc(-c3ccc4c(n3)c(C3CCN(C5CC(C)C5)CC3)nn4C)sc2c(-c2ccc(Cl)cc2)c1[C@H](OC(C)(C)C)C(=O)O. The van der Waals surface area contributed by atoms with E-state index in [1.807, 2.05) is 75.8 Å². The van der Waals surface area contributed by atoms with Crippen molar-refractivity contribution in [1.29, 1.82) is 0 Å². The number of aliphatic carboxylic acids is 1. The van der Waals surface area contributed by atoms with Crippen molar-refractivity contribution in [1.82, 2.24) is 24.6 Å². The third-order valence-corrected chi connectivity index (χ3v) is 11.1. The molecular weight excluding hydrogens is 630 g/mol. The van der Waals surface area contributed by atoms with Gasteiger partial charge >= 0.3 is 5.97 Å². The van der Waals surface area contributed by atoms with Crippen molar-refractivity contribution in [2.75, 3.05) is 13.1 Å². The Hall–Kier alpha value is -3.37. The van der Waals surface area contributed by atoms with Gasteiger partial charge in [0.15, 0.2) is 6.10 Å². The minimum Gasteiger partial charge on any atom is -0.479 e. The lowest BCUT2D eigenvalue weighted by molar-refractivity contribution is -0.160. The summed E-state index contributed by atoms with van der Waals surface area (Å²) in [5.41, 5.74) is 7.03. The lowest BCUT2D eigenvalue weighted by Crippen LogP contribution is -2.47. The quantitative estimate of drug-likeness (QED) is 0.185. The first kappa shape index (κ1) is 32.2. The van der Waals surface area contributed by atoms with Crippen LogP contribution in [0.1, 0.15) is 82.2 Å². The largest absolute Gasteiger partial charge is 0.479 e. The third-order valence-electron chi connectivity index (χ3n) is 9.74. The van der Waals surface area contributed by atoms with Gasteiger partial charge in [0, 0.05) is 35.2 Å². The van der Waals surface area contributed by atoms with Crippen molar-refractivity contribution in [3.8, 4) is 21.8 Å². The van der Waals surface area contributed by atoms with Crippen molar-refractivity contribution >= 4 is 50.2 Å². The van der Waals surface area contributed by atoms with E-state index in [1.54, 1.807) is 0 Å². The Bertz CT molecular complexity index is 1960. The molecule has 1 aliphatic carbocycles. The molecule has 2 aromatic carbocycles. The molecule has 8 nitrogen and oxygen atoms in total. The molecule has 1 N–H and O–H groups in total. The number of fused-ring (bicyclic) bond motifs is 2. The summed E-state index contributed by atoms with van der Waals surface area (Å²) in [6.45, 7) is 12.1. The van der Waals surface area contributed by atoms with Crippen LogP contribution in [-0.4, -0.2) is 60.5 Å². The Morgan fingerprint density at radius 2 is 1.79 bits per heavy atom. The molecule has 2 aliphatic rings. The van der Waals surface area contributed by atoms with E-state index < -0.39 is 17.7 Å². The highest BCUT2D eigenvalue weighted by Gasteiger charge is 2.35. The molecule has 1 aliphatic heterocycles. The number of ether oxygens (including phenoxy) is 1. The maximum atomic E-state index is 12.7. The second-order valence-electron chi connectivity index (χ2n) is 14.4. The lowest BCUT2D eigenvalue weighted by Gasteiger charge is -2.44. The minimum absolute atomic E-state index is 0.378. The maximum absolute atomic E-state index is 12.7. The highest BCUT2D eigenvalue weighted by atomic mass is 35.5. The van der Waals surface area contributed by atoms with Crippen LogP contribution >= 0.6 is 22.9 Å². The van der Waals surface area contributed by atoms with Crippen LogP contribution in [0.5, 0.6) is 0 Å². The average Bonchev–Trinajstić information content (AvgIpc) is 3.58. The van der Waals surface area contributed by atoms with Gasteiger partial charge in [-0.15, -0.1) is 11.3 Å². The molecule has 1 saturated heterocycles. The molecule has 47 heavy (non-hydrogen) atoms. The van der Waals surface area contributed by atoms with Gasteiger partial charge in [0.2, 0.25) is 0 Å². The number of thiazole rings is 1. The van der Waals surface area contributed by atoms with E-state index >= 15 is 0 Å². The first-order valence-electron chi connectivity index (χ1n) is 16.5. The van der Waals surface area contributed by atoms with E-state index in [2.05, 4.69) is 17.9 Å². The van der Waals surface area contributed by atoms with Crippen LogP contribution in [0.25, 0.3) is 43.1 Å². The van der Waals surface area contributed by atoms with Crippen molar-refractivity contribution in [2.45, 2.75) is 84.0 Å².